The Labute approximate surface area is 263 Å². The number of amides is 3. The van der Waals surface area contributed by atoms with Crippen molar-refractivity contribution >= 4 is 31.6 Å². The zero-order valence-corrected chi connectivity index (χ0v) is 26.8. The first-order chi connectivity index (χ1) is 21.4. The molecule has 0 spiro atoms. The number of nitrogens with one attached hydrogen (secondary N) is 2. The van der Waals surface area contributed by atoms with E-state index in [1.54, 1.807) is 32.0 Å². The van der Waals surface area contributed by atoms with E-state index < -0.39 is 55.2 Å². The molecule has 0 bridgehead atoms. The van der Waals surface area contributed by atoms with Crippen LogP contribution < -0.4 is 10.6 Å². The second kappa shape index (κ2) is 15.3. The molecule has 1 fully saturated rings. The maximum atomic E-state index is 13.7. The molecule has 45 heavy (non-hydrogen) atoms. The normalized spacial score (nSPS) is 15.5. The highest BCUT2D eigenvalue weighted by molar-refractivity contribution is 7.94. The van der Waals surface area contributed by atoms with E-state index in [0.29, 0.717) is 43.1 Å². The molecule has 12 nitrogen and oxygen atoms in total. The van der Waals surface area contributed by atoms with Crippen molar-refractivity contribution in [1.29, 1.82) is 0 Å². The molecule has 1 aliphatic rings. The fourth-order valence-corrected chi connectivity index (χ4v) is 7.59. The molecule has 1 saturated heterocycles. The van der Waals surface area contributed by atoms with Crippen molar-refractivity contribution in [2.75, 3.05) is 32.1 Å². The predicted octanol–water partition coefficient (Wildman–Crippen LogP) is 2.72. The number of ether oxygens (including phenoxy) is 1. The maximum Gasteiger partial charge on any atom is 0.318 e. The Morgan fingerprint density at radius 3 is 2.22 bits per heavy atom. The van der Waals surface area contributed by atoms with Crippen LogP contribution in [-0.4, -0.2) is 83.0 Å². The van der Waals surface area contributed by atoms with E-state index in [1.165, 1.54) is 23.1 Å². The lowest BCUT2D eigenvalue weighted by Gasteiger charge is -2.29. The summed E-state index contributed by atoms with van der Waals surface area (Å²) in [7, 11) is -7.79. The van der Waals surface area contributed by atoms with Gasteiger partial charge in [0.25, 0.3) is 0 Å². The fourth-order valence-electron chi connectivity index (χ4n) is 4.78. The summed E-state index contributed by atoms with van der Waals surface area (Å²) in [5.74, 6) is -1.55. The van der Waals surface area contributed by atoms with Crippen LogP contribution >= 0.6 is 0 Å². The van der Waals surface area contributed by atoms with Crippen molar-refractivity contribution in [2.24, 2.45) is 0 Å². The molecule has 2 aromatic carbocycles. The molecule has 1 aliphatic heterocycles. The SMILES string of the molecule is Cc1noc(C)c1CS(=O)(=O)C[C@H](NC(=O)N1CCOCC1)C(=O)N[C@H](/C=C/S(=O)(=O)c1ccccc1)CCc1ccccc1. The fraction of sp³-hybridized carbons (Fsp3) is 0.387. The molecule has 0 saturated carbocycles. The molecule has 0 radical (unpaired) electrons. The van der Waals surface area contributed by atoms with Gasteiger partial charge in [-0.1, -0.05) is 59.8 Å². The van der Waals surface area contributed by atoms with Crippen LogP contribution in [0, 0.1) is 13.8 Å². The molecular weight excluding hydrogens is 620 g/mol. The van der Waals surface area contributed by atoms with Gasteiger partial charge in [0, 0.05) is 30.1 Å². The minimum absolute atomic E-state index is 0.0930. The summed E-state index contributed by atoms with van der Waals surface area (Å²) in [6.45, 7) is 4.42. The van der Waals surface area contributed by atoms with Crippen molar-refractivity contribution in [2.45, 2.75) is 49.4 Å². The Bertz CT molecular complexity index is 1670. The summed E-state index contributed by atoms with van der Waals surface area (Å²) in [4.78, 5) is 28.4. The van der Waals surface area contributed by atoms with Gasteiger partial charge in [0.05, 0.1) is 35.3 Å². The quantitative estimate of drug-likeness (QED) is 0.281. The summed E-state index contributed by atoms with van der Waals surface area (Å²) in [5, 5.41) is 10.2. The Hall–Kier alpha value is -4.01. The number of rotatable bonds is 13. The smallest absolute Gasteiger partial charge is 0.318 e. The number of sulfone groups is 2. The molecule has 2 atom stereocenters. The van der Waals surface area contributed by atoms with Gasteiger partial charge < -0.3 is 24.8 Å². The molecule has 14 heteroatoms. The summed E-state index contributed by atoms with van der Waals surface area (Å²) < 4.78 is 63.1. The van der Waals surface area contributed by atoms with Crippen molar-refractivity contribution in [3.05, 3.63) is 94.7 Å². The van der Waals surface area contributed by atoms with E-state index in [2.05, 4.69) is 15.8 Å². The average molecular weight is 659 g/mol. The van der Waals surface area contributed by atoms with Gasteiger partial charge in [-0.2, -0.15) is 0 Å². The Morgan fingerprint density at radius 2 is 1.60 bits per heavy atom. The summed E-state index contributed by atoms with van der Waals surface area (Å²) >= 11 is 0. The van der Waals surface area contributed by atoms with Crippen LogP contribution in [0.2, 0.25) is 0 Å². The first-order valence-corrected chi connectivity index (χ1v) is 17.9. The number of hydrogen-bond donors (Lipinski definition) is 2. The number of aromatic nitrogens is 1. The largest absolute Gasteiger partial charge is 0.378 e. The molecule has 2 heterocycles. The number of carbonyl (C=O) groups is 2. The van der Waals surface area contributed by atoms with Crippen LogP contribution in [0.4, 0.5) is 4.79 Å². The molecule has 3 amide bonds. The first-order valence-electron chi connectivity index (χ1n) is 14.5. The second-order valence-electron chi connectivity index (χ2n) is 10.8. The maximum absolute atomic E-state index is 13.7. The van der Waals surface area contributed by atoms with E-state index in [0.717, 1.165) is 11.0 Å². The number of urea groups is 1. The van der Waals surface area contributed by atoms with Gasteiger partial charge in [-0.15, -0.1) is 0 Å². The van der Waals surface area contributed by atoms with Gasteiger partial charge in [0.2, 0.25) is 5.91 Å². The number of benzene rings is 2. The van der Waals surface area contributed by atoms with E-state index >= 15 is 0 Å². The Kier molecular flexibility index (Phi) is 11.5. The van der Waals surface area contributed by atoms with E-state index in [-0.39, 0.29) is 18.0 Å². The second-order valence-corrected chi connectivity index (χ2v) is 14.7. The number of nitrogens with zero attached hydrogens (tertiary/aromatic N) is 2. The summed E-state index contributed by atoms with van der Waals surface area (Å²) in [5.41, 5.74) is 1.78. The Morgan fingerprint density at radius 1 is 0.956 bits per heavy atom. The third-order valence-corrected chi connectivity index (χ3v) is 10.4. The molecule has 242 valence electrons. The van der Waals surface area contributed by atoms with Crippen LogP contribution in [0.25, 0.3) is 0 Å². The van der Waals surface area contributed by atoms with Crippen LogP contribution in [-0.2, 0) is 41.4 Å². The van der Waals surface area contributed by atoms with Crippen LogP contribution in [0.3, 0.4) is 0 Å². The minimum atomic E-state index is -3.97. The summed E-state index contributed by atoms with van der Waals surface area (Å²) in [6.07, 6.45) is 2.19. The first kappa shape index (κ1) is 33.9. The highest BCUT2D eigenvalue weighted by Gasteiger charge is 2.31. The zero-order valence-electron chi connectivity index (χ0n) is 25.2. The van der Waals surface area contributed by atoms with E-state index in [9.17, 15) is 26.4 Å². The van der Waals surface area contributed by atoms with Gasteiger partial charge in [0.1, 0.15) is 11.8 Å². The topological polar surface area (TPSA) is 165 Å². The van der Waals surface area contributed by atoms with Gasteiger partial charge in [-0.25, -0.2) is 21.6 Å². The van der Waals surface area contributed by atoms with Crippen LogP contribution in [0.1, 0.15) is 29.0 Å². The zero-order chi connectivity index (χ0) is 32.5. The van der Waals surface area contributed by atoms with Crippen molar-refractivity contribution in [3.63, 3.8) is 0 Å². The molecular formula is C31H38N4O8S2. The standard InChI is InChI=1S/C31H38N4O8S2/c1-23-28(24(2)43-34-23)21-44(38,39)22-29(33-31(37)35-16-18-42-19-17-35)30(36)32-26(14-13-25-9-5-3-6-10-25)15-20-45(40,41)27-11-7-4-8-12-27/h3-12,15,20,26,29H,13-14,16-19,21-22H2,1-2H3,(H,32,36)(H,33,37)/b20-15+/t26-,29-/m0/s1. The van der Waals surface area contributed by atoms with Gasteiger partial charge in [-0.05, 0) is 44.4 Å². The summed E-state index contributed by atoms with van der Waals surface area (Å²) in [6, 6.07) is 14.4. The van der Waals surface area contributed by atoms with Crippen LogP contribution in [0.5, 0.6) is 0 Å². The third-order valence-electron chi connectivity index (χ3n) is 7.35. The van der Waals surface area contributed by atoms with E-state index in [4.69, 9.17) is 9.26 Å². The molecule has 0 unspecified atom stereocenters. The van der Waals surface area contributed by atoms with Gasteiger partial charge in [-0.3, -0.25) is 4.79 Å². The molecule has 3 aromatic rings. The predicted molar refractivity (Wildman–Crippen MR) is 168 cm³/mol. The minimum Gasteiger partial charge on any atom is -0.378 e. The lowest BCUT2D eigenvalue weighted by Crippen LogP contribution is -2.56. The molecule has 4 rings (SSSR count). The highest BCUT2D eigenvalue weighted by Crippen LogP contribution is 2.18. The van der Waals surface area contributed by atoms with E-state index in [1.807, 2.05) is 30.3 Å². The molecule has 0 aliphatic carbocycles. The van der Waals surface area contributed by atoms with Gasteiger partial charge >= 0.3 is 6.03 Å². The lowest BCUT2D eigenvalue weighted by molar-refractivity contribution is -0.123. The van der Waals surface area contributed by atoms with Crippen molar-refractivity contribution in [1.82, 2.24) is 20.7 Å². The number of morpholine rings is 1. The monoisotopic (exact) mass is 658 g/mol. The molecule has 1 aromatic heterocycles. The lowest BCUT2D eigenvalue weighted by atomic mass is 10.0. The van der Waals surface area contributed by atoms with Crippen molar-refractivity contribution in [3.8, 4) is 0 Å². The third kappa shape index (κ3) is 9.99. The number of hydrogen-bond acceptors (Lipinski definition) is 9. The van der Waals surface area contributed by atoms with Crippen molar-refractivity contribution < 1.29 is 35.7 Å². The highest BCUT2D eigenvalue weighted by atomic mass is 32.2. The Balaban J connectivity index is 1.58. The number of carbonyl (C=O) groups excluding carboxylic acids is 2. The average Bonchev–Trinajstić information content (AvgIpc) is 3.34. The number of aryl methyl sites for hydroxylation is 3. The van der Waals surface area contributed by atoms with Gasteiger partial charge in [0.15, 0.2) is 19.7 Å². The van der Waals surface area contributed by atoms with Crippen LogP contribution in [0.15, 0.2) is 81.6 Å². The molecule has 2 N–H and O–H groups in total.